The van der Waals surface area contributed by atoms with E-state index in [1.807, 2.05) is 12.1 Å². The van der Waals surface area contributed by atoms with Crippen LogP contribution in [0.15, 0.2) is 54.6 Å². The normalized spacial score (nSPS) is 18.6. The van der Waals surface area contributed by atoms with Crippen molar-refractivity contribution in [2.24, 2.45) is 5.92 Å². The second kappa shape index (κ2) is 8.86. The highest BCUT2D eigenvalue weighted by molar-refractivity contribution is 5.67. The van der Waals surface area contributed by atoms with Gasteiger partial charge in [-0.3, -0.25) is 9.69 Å². The number of likely N-dealkylation sites (tertiary alicyclic amines) is 1. The predicted octanol–water partition coefficient (Wildman–Crippen LogP) is 4.03. The SMILES string of the molecule is CC(Nc1cccc(CCC(=O)O)c1)C1CCN(Cc2ccccc2)C1. The molecule has 0 saturated carbocycles. The molecule has 138 valence electrons. The third-order valence-electron chi connectivity index (χ3n) is 5.21. The number of carboxylic acids is 1. The van der Waals surface area contributed by atoms with Crippen molar-refractivity contribution in [3.05, 3.63) is 65.7 Å². The monoisotopic (exact) mass is 352 g/mol. The van der Waals surface area contributed by atoms with Crippen LogP contribution in [0.2, 0.25) is 0 Å². The third kappa shape index (κ3) is 5.33. The summed E-state index contributed by atoms with van der Waals surface area (Å²) in [6.45, 7) is 5.53. The number of benzene rings is 2. The van der Waals surface area contributed by atoms with Crippen LogP contribution in [-0.2, 0) is 17.8 Å². The first-order valence-electron chi connectivity index (χ1n) is 9.43. The van der Waals surface area contributed by atoms with Gasteiger partial charge in [0.05, 0.1) is 0 Å². The maximum absolute atomic E-state index is 10.8. The Bertz CT molecular complexity index is 717. The number of hydrogen-bond acceptors (Lipinski definition) is 3. The van der Waals surface area contributed by atoms with Gasteiger partial charge in [-0.2, -0.15) is 0 Å². The van der Waals surface area contributed by atoms with Gasteiger partial charge in [0.25, 0.3) is 0 Å². The molecule has 0 radical (unpaired) electrons. The summed E-state index contributed by atoms with van der Waals surface area (Å²) in [5.74, 6) is -0.123. The zero-order valence-corrected chi connectivity index (χ0v) is 15.4. The molecular formula is C22H28N2O2. The van der Waals surface area contributed by atoms with Gasteiger partial charge in [-0.05, 0) is 55.5 Å². The van der Waals surface area contributed by atoms with Crippen molar-refractivity contribution in [3.63, 3.8) is 0 Å². The van der Waals surface area contributed by atoms with Crippen molar-refractivity contribution in [2.75, 3.05) is 18.4 Å². The fourth-order valence-electron chi connectivity index (χ4n) is 3.70. The van der Waals surface area contributed by atoms with Gasteiger partial charge in [0.1, 0.15) is 0 Å². The molecule has 2 N–H and O–H groups in total. The Labute approximate surface area is 155 Å². The van der Waals surface area contributed by atoms with Crippen molar-refractivity contribution in [2.45, 2.75) is 38.8 Å². The van der Waals surface area contributed by atoms with Gasteiger partial charge in [-0.15, -0.1) is 0 Å². The number of nitrogens with zero attached hydrogens (tertiary/aromatic N) is 1. The van der Waals surface area contributed by atoms with Crippen LogP contribution in [0.4, 0.5) is 5.69 Å². The zero-order valence-electron chi connectivity index (χ0n) is 15.4. The molecule has 2 atom stereocenters. The van der Waals surface area contributed by atoms with Crippen LogP contribution in [0.1, 0.15) is 30.9 Å². The van der Waals surface area contributed by atoms with E-state index in [-0.39, 0.29) is 6.42 Å². The average molecular weight is 352 g/mol. The number of carbonyl (C=O) groups is 1. The van der Waals surface area contributed by atoms with E-state index in [2.05, 4.69) is 59.6 Å². The Hall–Kier alpha value is -2.33. The largest absolute Gasteiger partial charge is 0.481 e. The molecule has 1 fully saturated rings. The van der Waals surface area contributed by atoms with Crippen LogP contribution in [0.25, 0.3) is 0 Å². The predicted molar refractivity (Wildman–Crippen MR) is 105 cm³/mol. The standard InChI is InChI=1S/C22H28N2O2/c1-17(23-21-9-5-8-18(14-21)10-11-22(25)26)20-12-13-24(16-20)15-19-6-3-2-4-7-19/h2-9,14,17,20,23H,10-13,15-16H2,1H3,(H,25,26). The van der Waals surface area contributed by atoms with Gasteiger partial charge < -0.3 is 10.4 Å². The number of rotatable bonds is 8. The zero-order chi connectivity index (χ0) is 18.4. The molecule has 0 aliphatic carbocycles. The highest BCUT2D eigenvalue weighted by atomic mass is 16.4. The van der Waals surface area contributed by atoms with Crippen molar-refractivity contribution in [1.29, 1.82) is 0 Å². The summed E-state index contributed by atoms with van der Waals surface area (Å²) in [4.78, 5) is 13.3. The fourth-order valence-corrected chi connectivity index (χ4v) is 3.70. The fraction of sp³-hybridized carbons (Fsp3) is 0.409. The molecule has 2 aromatic carbocycles. The number of hydrogen-bond donors (Lipinski definition) is 2. The summed E-state index contributed by atoms with van der Waals surface area (Å²) >= 11 is 0. The smallest absolute Gasteiger partial charge is 0.303 e. The molecule has 26 heavy (non-hydrogen) atoms. The Morgan fingerprint density at radius 2 is 1.96 bits per heavy atom. The van der Waals surface area contributed by atoms with E-state index in [1.165, 1.54) is 12.0 Å². The number of aryl methyl sites for hydroxylation is 1. The lowest BCUT2D eigenvalue weighted by atomic mass is 10.00. The van der Waals surface area contributed by atoms with Crippen molar-refractivity contribution in [3.8, 4) is 0 Å². The van der Waals surface area contributed by atoms with Crippen LogP contribution >= 0.6 is 0 Å². The van der Waals surface area contributed by atoms with E-state index in [1.54, 1.807) is 0 Å². The minimum atomic E-state index is -0.749. The Balaban J connectivity index is 1.51. The van der Waals surface area contributed by atoms with E-state index in [9.17, 15) is 4.79 Å². The summed E-state index contributed by atoms with van der Waals surface area (Å²) in [5, 5.41) is 12.5. The molecule has 4 heteroatoms. The van der Waals surface area contributed by atoms with Crippen molar-refractivity contribution >= 4 is 11.7 Å². The first-order valence-corrected chi connectivity index (χ1v) is 9.43. The molecule has 3 rings (SSSR count). The lowest BCUT2D eigenvalue weighted by Gasteiger charge is -2.23. The molecule has 4 nitrogen and oxygen atoms in total. The Kier molecular flexibility index (Phi) is 6.29. The second-order valence-electron chi connectivity index (χ2n) is 7.30. The first kappa shape index (κ1) is 18.5. The Morgan fingerprint density at radius 1 is 1.19 bits per heavy atom. The summed E-state index contributed by atoms with van der Waals surface area (Å²) in [6, 6.07) is 19.2. The number of carboxylic acid groups (broad SMARTS) is 1. The number of nitrogens with one attached hydrogen (secondary N) is 1. The third-order valence-corrected chi connectivity index (χ3v) is 5.21. The molecule has 1 aliphatic heterocycles. The van der Waals surface area contributed by atoms with Crippen molar-refractivity contribution in [1.82, 2.24) is 4.90 Å². The highest BCUT2D eigenvalue weighted by Gasteiger charge is 2.26. The van der Waals surface area contributed by atoms with Crippen LogP contribution in [0.5, 0.6) is 0 Å². The summed E-state index contributed by atoms with van der Waals surface area (Å²) in [5.41, 5.74) is 3.53. The van der Waals surface area contributed by atoms with Crippen molar-refractivity contribution < 1.29 is 9.90 Å². The van der Waals surface area contributed by atoms with E-state index in [4.69, 9.17) is 5.11 Å². The minimum Gasteiger partial charge on any atom is -0.481 e. The molecule has 1 aliphatic rings. The van der Waals surface area contributed by atoms with Gasteiger partial charge in [-0.25, -0.2) is 0 Å². The molecule has 1 saturated heterocycles. The molecule has 1 heterocycles. The van der Waals surface area contributed by atoms with E-state index < -0.39 is 5.97 Å². The molecule has 0 spiro atoms. The van der Waals surface area contributed by atoms with Gasteiger partial charge in [0.15, 0.2) is 0 Å². The van der Waals surface area contributed by atoms with Gasteiger partial charge in [0, 0.05) is 31.2 Å². The quantitative estimate of drug-likeness (QED) is 0.753. The molecule has 2 unspecified atom stereocenters. The minimum absolute atomic E-state index is 0.177. The van der Waals surface area contributed by atoms with E-state index >= 15 is 0 Å². The topological polar surface area (TPSA) is 52.6 Å². The highest BCUT2D eigenvalue weighted by Crippen LogP contribution is 2.24. The number of aliphatic carboxylic acids is 1. The lowest BCUT2D eigenvalue weighted by molar-refractivity contribution is -0.136. The lowest BCUT2D eigenvalue weighted by Crippen LogP contribution is -2.29. The molecular weight excluding hydrogens is 324 g/mol. The van der Waals surface area contributed by atoms with E-state index in [0.29, 0.717) is 18.4 Å². The molecule has 0 aromatic heterocycles. The number of anilines is 1. The second-order valence-corrected chi connectivity index (χ2v) is 7.30. The Morgan fingerprint density at radius 3 is 2.73 bits per heavy atom. The van der Waals surface area contributed by atoms with Crippen LogP contribution in [0, 0.1) is 5.92 Å². The molecule has 2 aromatic rings. The van der Waals surface area contributed by atoms with Gasteiger partial charge in [0.2, 0.25) is 0 Å². The average Bonchev–Trinajstić information content (AvgIpc) is 3.10. The van der Waals surface area contributed by atoms with Crippen LogP contribution in [-0.4, -0.2) is 35.1 Å². The van der Waals surface area contributed by atoms with Crippen LogP contribution < -0.4 is 5.32 Å². The van der Waals surface area contributed by atoms with Gasteiger partial charge >= 0.3 is 5.97 Å². The van der Waals surface area contributed by atoms with E-state index in [0.717, 1.165) is 30.9 Å². The van der Waals surface area contributed by atoms with Gasteiger partial charge in [-0.1, -0.05) is 42.5 Å². The molecule has 0 bridgehead atoms. The van der Waals surface area contributed by atoms with Crippen LogP contribution in [0.3, 0.4) is 0 Å². The first-order chi connectivity index (χ1) is 12.6. The summed E-state index contributed by atoms with van der Waals surface area (Å²) < 4.78 is 0. The molecule has 0 amide bonds. The maximum Gasteiger partial charge on any atom is 0.303 e. The summed E-state index contributed by atoms with van der Waals surface area (Å²) in [6.07, 6.45) is 1.96. The summed E-state index contributed by atoms with van der Waals surface area (Å²) in [7, 11) is 0. The maximum atomic E-state index is 10.8.